The second kappa shape index (κ2) is 7.00. The van der Waals surface area contributed by atoms with E-state index >= 15 is 0 Å². The van der Waals surface area contributed by atoms with Gasteiger partial charge in [0, 0.05) is 11.9 Å². The Morgan fingerprint density at radius 3 is 2.38 bits per heavy atom. The fourth-order valence-electron chi connectivity index (χ4n) is 2.37. The predicted octanol–water partition coefficient (Wildman–Crippen LogP) is 3.18. The molecule has 0 aliphatic rings. The van der Waals surface area contributed by atoms with Gasteiger partial charge in [0.1, 0.15) is 17.2 Å². The van der Waals surface area contributed by atoms with Crippen LogP contribution in [0.3, 0.4) is 0 Å². The number of rotatable bonds is 5. The Morgan fingerprint density at radius 1 is 0.958 bits per heavy atom. The first kappa shape index (κ1) is 15.8. The Morgan fingerprint density at radius 2 is 1.67 bits per heavy atom. The van der Waals surface area contributed by atoms with Gasteiger partial charge in [-0.15, -0.1) is 0 Å². The molecule has 0 saturated heterocycles. The summed E-state index contributed by atoms with van der Waals surface area (Å²) < 4.78 is 10.3. The van der Waals surface area contributed by atoms with Gasteiger partial charge in [0.05, 0.1) is 19.7 Å². The van der Waals surface area contributed by atoms with Gasteiger partial charge in [-0.25, -0.2) is 4.98 Å². The van der Waals surface area contributed by atoms with Gasteiger partial charge in [-0.3, -0.25) is 4.79 Å². The number of nitrogens with zero attached hydrogens (tertiary/aromatic N) is 1. The first-order valence-corrected chi connectivity index (χ1v) is 7.55. The minimum atomic E-state index is -0.205. The molecule has 2 aromatic carbocycles. The van der Waals surface area contributed by atoms with Crippen LogP contribution in [0.5, 0.6) is 11.5 Å². The molecule has 0 spiro atoms. The molecule has 5 heteroatoms. The van der Waals surface area contributed by atoms with E-state index in [-0.39, 0.29) is 5.91 Å². The van der Waals surface area contributed by atoms with Crippen molar-refractivity contribution in [1.29, 1.82) is 0 Å². The van der Waals surface area contributed by atoms with E-state index < -0.39 is 0 Å². The molecule has 0 aliphatic heterocycles. The highest BCUT2D eigenvalue weighted by Crippen LogP contribution is 2.19. The molecule has 0 radical (unpaired) electrons. The van der Waals surface area contributed by atoms with E-state index in [1.807, 2.05) is 48.5 Å². The molecule has 0 saturated carbocycles. The largest absolute Gasteiger partial charge is 0.497 e. The van der Waals surface area contributed by atoms with Crippen LogP contribution in [0.25, 0.3) is 10.9 Å². The van der Waals surface area contributed by atoms with Crippen molar-refractivity contribution in [2.24, 2.45) is 0 Å². The monoisotopic (exact) mass is 322 g/mol. The summed E-state index contributed by atoms with van der Waals surface area (Å²) in [5.74, 6) is 1.35. The molecule has 5 nitrogen and oxygen atoms in total. The summed E-state index contributed by atoms with van der Waals surface area (Å²) in [6, 6.07) is 16.7. The number of hydrogen-bond donors (Lipinski definition) is 1. The summed E-state index contributed by atoms with van der Waals surface area (Å²) in [6.07, 6.45) is 0. The molecule has 0 atom stereocenters. The van der Waals surface area contributed by atoms with Gasteiger partial charge in [0.25, 0.3) is 5.91 Å². The Balaban J connectivity index is 1.70. The number of fused-ring (bicyclic) bond motifs is 1. The number of carbonyl (C=O) groups is 1. The fraction of sp³-hybridized carbons (Fsp3) is 0.158. The Kier molecular flexibility index (Phi) is 4.61. The second-order valence-electron chi connectivity index (χ2n) is 5.29. The number of methoxy groups -OCH3 is 2. The lowest BCUT2D eigenvalue weighted by molar-refractivity contribution is 0.0946. The van der Waals surface area contributed by atoms with Crippen LogP contribution in [-0.4, -0.2) is 25.1 Å². The van der Waals surface area contributed by atoms with Crippen LogP contribution < -0.4 is 14.8 Å². The number of pyridine rings is 1. The minimum absolute atomic E-state index is 0.205. The number of hydrogen-bond acceptors (Lipinski definition) is 4. The fourth-order valence-corrected chi connectivity index (χ4v) is 2.37. The van der Waals surface area contributed by atoms with Gasteiger partial charge < -0.3 is 14.8 Å². The maximum Gasteiger partial charge on any atom is 0.270 e. The average Bonchev–Trinajstić information content (AvgIpc) is 2.65. The summed E-state index contributed by atoms with van der Waals surface area (Å²) in [7, 11) is 3.24. The molecule has 3 aromatic rings. The Labute approximate surface area is 140 Å². The van der Waals surface area contributed by atoms with Crippen molar-refractivity contribution in [3.05, 3.63) is 65.9 Å². The zero-order valence-corrected chi connectivity index (χ0v) is 13.6. The zero-order chi connectivity index (χ0) is 16.9. The topological polar surface area (TPSA) is 60.5 Å². The van der Waals surface area contributed by atoms with Crippen LogP contribution in [-0.2, 0) is 6.54 Å². The van der Waals surface area contributed by atoms with Crippen LogP contribution in [0, 0.1) is 0 Å². The third-order valence-electron chi connectivity index (χ3n) is 3.74. The van der Waals surface area contributed by atoms with E-state index in [1.54, 1.807) is 20.3 Å². The molecule has 0 unspecified atom stereocenters. The van der Waals surface area contributed by atoms with Crippen LogP contribution >= 0.6 is 0 Å². The number of amides is 1. The Bertz CT molecular complexity index is 860. The number of benzene rings is 2. The standard InChI is InChI=1S/C19H18N2O3/c1-23-15-6-3-13(4-7-15)12-20-19(22)18-9-5-14-11-16(24-2)8-10-17(14)21-18/h3-11H,12H2,1-2H3,(H,20,22). The summed E-state index contributed by atoms with van der Waals surface area (Å²) >= 11 is 0. The lowest BCUT2D eigenvalue weighted by Crippen LogP contribution is -2.23. The highest BCUT2D eigenvalue weighted by Gasteiger charge is 2.08. The predicted molar refractivity (Wildman–Crippen MR) is 92.5 cm³/mol. The first-order valence-electron chi connectivity index (χ1n) is 7.55. The van der Waals surface area contributed by atoms with E-state index in [0.717, 1.165) is 28.0 Å². The smallest absolute Gasteiger partial charge is 0.270 e. The summed E-state index contributed by atoms with van der Waals surface area (Å²) in [6.45, 7) is 0.436. The first-order chi connectivity index (χ1) is 11.7. The average molecular weight is 322 g/mol. The molecule has 122 valence electrons. The lowest BCUT2D eigenvalue weighted by atomic mass is 10.2. The molecular weight excluding hydrogens is 304 g/mol. The Hall–Kier alpha value is -3.08. The third-order valence-corrected chi connectivity index (χ3v) is 3.74. The van der Waals surface area contributed by atoms with Crippen molar-refractivity contribution in [2.45, 2.75) is 6.54 Å². The number of aromatic nitrogens is 1. The second-order valence-corrected chi connectivity index (χ2v) is 5.29. The SMILES string of the molecule is COc1ccc(CNC(=O)c2ccc3cc(OC)ccc3n2)cc1. The lowest BCUT2D eigenvalue weighted by Gasteiger charge is -2.07. The van der Waals surface area contributed by atoms with Gasteiger partial charge >= 0.3 is 0 Å². The molecule has 0 bridgehead atoms. The molecule has 1 heterocycles. The highest BCUT2D eigenvalue weighted by atomic mass is 16.5. The molecule has 1 amide bonds. The minimum Gasteiger partial charge on any atom is -0.497 e. The third kappa shape index (κ3) is 3.46. The van der Waals surface area contributed by atoms with E-state index in [2.05, 4.69) is 10.3 Å². The van der Waals surface area contributed by atoms with Crippen LogP contribution in [0.2, 0.25) is 0 Å². The molecule has 3 rings (SSSR count). The van der Waals surface area contributed by atoms with Gasteiger partial charge in [-0.05, 0) is 42.0 Å². The van der Waals surface area contributed by atoms with Crippen molar-refractivity contribution in [3.8, 4) is 11.5 Å². The van der Waals surface area contributed by atoms with Crippen molar-refractivity contribution in [1.82, 2.24) is 10.3 Å². The molecule has 0 aliphatic carbocycles. The highest BCUT2D eigenvalue weighted by molar-refractivity contribution is 5.95. The molecule has 1 aromatic heterocycles. The van der Waals surface area contributed by atoms with Gasteiger partial charge in [0.2, 0.25) is 0 Å². The zero-order valence-electron chi connectivity index (χ0n) is 13.6. The summed E-state index contributed by atoms with van der Waals surface area (Å²) in [4.78, 5) is 16.7. The van der Waals surface area contributed by atoms with Crippen molar-refractivity contribution < 1.29 is 14.3 Å². The summed E-state index contributed by atoms with van der Waals surface area (Å²) in [5, 5.41) is 3.80. The van der Waals surface area contributed by atoms with Crippen LogP contribution in [0.15, 0.2) is 54.6 Å². The molecular formula is C19H18N2O3. The number of ether oxygens (including phenoxy) is 2. The van der Waals surface area contributed by atoms with Gasteiger partial charge in [-0.1, -0.05) is 18.2 Å². The number of carbonyl (C=O) groups excluding carboxylic acids is 1. The van der Waals surface area contributed by atoms with Crippen LogP contribution in [0.1, 0.15) is 16.1 Å². The number of nitrogens with one attached hydrogen (secondary N) is 1. The molecule has 0 fully saturated rings. The normalized spacial score (nSPS) is 10.4. The van der Waals surface area contributed by atoms with E-state index in [4.69, 9.17) is 9.47 Å². The van der Waals surface area contributed by atoms with E-state index in [0.29, 0.717) is 12.2 Å². The van der Waals surface area contributed by atoms with Crippen LogP contribution in [0.4, 0.5) is 0 Å². The molecule has 1 N–H and O–H groups in total. The van der Waals surface area contributed by atoms with Crippen molar-refractivity contribution >= 4 is 16.8 Å². The molecule has 24 heavy (non-hydrogen) atoms. The maximum atomic E-state index is 12.3. The maximum absolute atomic E-state index is 12.3. The van der Waals surface area contributed by atoms with Gasteiger partial charge in [0.15, 0.2) is 0 Å². The van der Waals surface area contributed by atoms with Crippen molar-refractivity contribution in [2.75, 3.05) is 14.2 Å². The summed E-state index contributed by atoms with van der Waals surface area (Å²) in [5.41, 5.74) is 2.14. The van der Waals surface area contributed by atoms with E-state index in [9.17, 15) is 4.79 Å². The quantitative estimate of drug-likeness (QED) is 0.784. The van der Waals surface area contributed by atoms with E-state index in [1.165, 1.54) is 0 Å². The van der Waals surface area contributed by atoms with Crippen molar-refractivity contribution in [3.63, 3.8) is 0 Å². The van der Waals surface area contributed by atoms with Gasteiger partial charge in [-0.2, -0.15) is 0 Å².